The number of aryl methyl sites for hydroxylation is 1. The molecule has 178 valence electrons. The Morgan fingerprint density at radius 1 is 1.00 bits per heavy atom. The van der Waals surface area contributed by atoms with Crippen LogP contribution in [0.5, 0.6) is 5.75 Å². The molecule has 2 saturated heterocycles. The zero-order valence-corrected chi connectivity index (χ0v) is 20.4. The number of anilines is 1. The average molecular weight is 478 g/mol. The van der Waals surface area contributed by atoms with Gasteiger partial charge in [0.25, 0.3) is 5.91 Å². The van der Waals surface area contributed by atoms with Crippen LogP contribution < -0.4 is 9.64 Å². The number of carbonyl (C=O) groups excluding carboxylic acids is 1. The molecule has 0 bridgehead atoms. The van der Waals surface area contributed by atoms with Crippen LogP contribution in [-0.4, -0.2) is 71.0 Å². The number of carbonyl (C=O) groups is 1. The lowest BCUT2D eigenvalue weighted by Gasteiger charge is -2.34. The predicted molar refractivity (Wildman–Crippen MR) is 135 cm³/mol. The first-order valence-electron chi connectivity index (χ1n) is 12.0. The third kappa shape index (κ3) is 5.56. The lowest BCUT2D eigenvalue weighted by atomic mass is 10.1. The van der Waals surface area contributed by atoms with E-state index < -0.39 is 0 Å². The van der Waals surface area contributed by atoms with Gasteiger partial charge in [-0.2, -0.15) is 0 Å². The van der Waals surface area contributed by atoms with Crippen molar-refractivity contribution in [2.45, 2.75) is 32.4 Å². The molecule has 0 aliphatic carbocycles. The summed E-state index contributed by atoms with van der Waals surface area (Å²) in [5, 5.41) is 0. The monoisotopic (exact) mass is 477 g/mol. The molecule has 5 rings (SSSR count). The number of aromatic nitrogens is 2. The van der Waals surface area contributed by atoms with E-state index >= 15 is 0 Å². The van der Waals surface area contributed by atoms with Crippen LogP contribution >= 0.6 is 11.3 Å². The van der Waals surface area contributed by atoms with Crippen molar-refractivity contribution in [2.24, 2.45) is 0 Å². The maximum atomic E-state index is 12.7. The van der Waals surface area contributed by atoms with Gasteiger partial charge in [-0.15, -0.1) is 11.3 Å². The second-order valence-corrected chi connectivity index (χ2v) is 10.3. The van der Waals surface area contributed by atoms with Gasteiger partial charge in [0.2, 0.25) is 5.95 Å². The van der Waals surface area contributed by atoms with Crippen molar-refractivity contribution in [3.63, 3.8) is 0 Å². The molecule has 0 atom stereocenters. The van der Waals surface area contributed by atoms with Crippen molar-refractivity contribution < 1.29 is 9.53 Å². The minimum absolute atomic E-state index is 0.150. The van der Waals surface area contributed by atoms with E-state index in [1.807, 2.05) is 36.1 Å². The van der Waals surface area contributed by atoms with Crippen molar-refractivity contribution in [1.29, 1.82) is 0 Å². The van der Waals surface area contributed by atoms with Gasteiger partial charge in [0.1, 0.15) is 11.9 Å². The molecule has 2 aliphatic rings. The molecule has 0 unspecified atom stereocenters. The van der Waals surface area contributed by atoms with E-state index in [1.54, 1.807) is 23.7 Å². The molecule has 0 N–H and O–H groups in total. The highest BCUT2D eigenvalue weighted by Gasteiger charge is 2.25. The van der Waals surface area contributed by atoms with Gasteiger partial charge in [-0.1, -0.05) is 12.1 Å². The normalized spacial score (nSPS) is 17.7. The Balaban J connectivity index is 1.10. The first-order valence-corrected chi connectivity index (χ1v) is 12.8. The highest BCUT2D eigenvalue weighted by Crippen LogP contribution is 2.24. The second kappa shape index (κ2) is 10.5. The Morgan fingerprint density at radius 3 is 2.47 bits per heavy atom. The molecular weight excluding hydrogens is 446 g/mol. The lowest BCUT2D eigenvalue weighted by molar-refractivity contribution is 0.0600. The molecule has 2 aromatic heterocycles. The van der Waals surface area contributed by atoms with Crippen LogP contribution in [0.25, 0.3) is 0 Å². The van der Waals surface area contributed by atoms with Crippen LogP contribution in [0.2, 0.25) is 0 Å². The predicted octanol–water partition coefficient (Wildman–Crippen LogP) is 3.85. The molecule has 34 heavy (non-hydrogen) atoms. The van der Waals surface area contributed by atoms with Crippen LogP contribution in [0, 0.1) is 6.92 Å². The molecule has 0 saturated carbocycles. The standard InChI is InChI=1S/C26H31N5O2S/c1-20-6-7-24(34-20)25(32)30-12-8-22(9-13-30)33-23-5-2-4-21(18-23)19-29-14-16-31(17-15-29)26-27-10-3-11-28-26/h2-7,10-11,18,22H,8-9,12-17,19H2,1H3. The summed E-state index contributed by atoms with van der Waals surface area (Å²) in [5.41, 5.74) is 1.27. The number of hydrogen-bond donors (Lipinski definition) is 0. The second-order valence-electron chi connectivity index (χ2n) is 8.98. The summed E-state index contributed by atoms with van der Waals surface area (Å²) in [5.74, 6) is 1.89. The third-order valence-electron chi connectivity index (χ3n) is 6.49. The minimum atomic E-state index is 0.150. The van der Waals surface area contributed by atoms with Crippen molar-refractivity contribution in [3.05, 3.63) is 70.2 Å². The van der Waals surface area contributed by atoms with E-state index in [1.165, 1.54) is 10.4 Å². The number of likely N-dealkylation sites (tertiary alicyclic amines) is 1. The highest BCUT2D eigenvalue weighted by molar-refractivity contribution is 7.13. The molecule has 4 heterocycles. The Kier molecular flexibility index (Phi) is 7.06. The highest BCUT2D eigenvalue weighted by atomic mass is 32.1. The van der Waals surface area contributed by atoms with E-state index in [4.69, 9.17) is 4.74 Å². The van der Waals surface area contributed by atoms with E-state index in [9.17, 15) is 4.79 Å². The smallest absolute Gasteiger partial charge is 0.263 e. The fraction of sp³-hybridized carbons (Fsp3) is 0.423. The van der Waals surface area contributed by atoms with Gasteiger partial charge < -0.3 is 14.5 Å². The van der Waals surface area contributed by atoms with E-state index in [0.717, 1.165) is 75.2 Å². The van der Waals surface area contributed by atoms with Gasteiger partial charge in [-0.3, -0.25) is 9.69 Å². The van der Waals surface area contributed by atoms with Gasteiger partial charge in [0, 0.05) is 75.9 Å². The SMILES string of the molecule is Cc1ccc(C(=O)N2CCC(Oc3cccc(CN4CCN(c5ncccn5)CC4)c3)CC2)s1. The Bertz CT molecular complexity index is 1090. The number of hydrogen-bond acceptors (Lipinski definition) is 7. The van der Waals surface area contributed by atoms with Crippen LogP contribution in [-0.2, 0) is 6.54 Å². The fourth-order valence-corrected chi connectivity index (χ4v) is 5.45. The molecule has 0 spiro atoms. The fourth-order valence-electron chi connectivity index (χ4n) is 4.61. The summed E-state index contributed by atoms with van der Waals surface area (Å²) in [6, 6.07) is 14.3. The third-order valence-corrected chi connectivity index (χ3v) is 7.48. The summed E-state index contributed by atoms with van der Waals surface area (Å²) in [6.07, 6.45) is 5.48. The maximum Gasteiger partial charge on any atom is 0.263 e. The summed E-state index contributed by atoms with van der Waals surface area (Å²) >= 11 is 1.57. The van der Waals surface area contributed by atoms with Crippen molar-refractivity contribution in [1.82, 2.24) is 19.8 Å². The minimum Gasteiger partial charge on any atom is -0.490 e. The zero-order chi connectivity index (χ0) is 23.3. The summed E-state index contributed by atoms with van der Waals surface area (Å²) < 4.78 is 6.32. The van der Waals surface area contributed by atoms with E-state index in [0.29, 0.717) is 0 Å². The number of ether oxygens (including phenoxy) is 1. The summed E-state index contributed by atoms with van der Waals surface area (Å²) in [4.78, 5) is 30.1. The van der Waals surface area contributed by atoms with E-state index in [-0.39, 0.29) is 12.0 Å². The van der Waals surface area contributed by atoms with Crippen LogP contribution in [0.1, 0.15) is 33.0 Å². The molecule has 2 aliphatic heterocycles. The van der Waals surface area contributed by atoms with Crippen LogP contribution in [0.15, 0.2) is 54.9 Å². The van der Waals surface area contributed by atoms with Crippen molar-refractivity contribution in [3.8, 4) is 5.75 Å². The van der Waals surface area contributed by atoms with Crippen LogP contribution in [0.4, 0.5) is 5.95 Å². The van der Waals surface area contributed by atoms with Gasteiger partial charge >= 0.3 is 0 Å². The number of piperidine rings is 1. The van der Waals surface area contributed by atoms with Crippen LogP contribution in [0.3, 0.4) is 0 Å². The Hall–Kier alpha value is -2.97. The van der Waals surface area contributed by atoms with Gasteiger partial charge in [-0.25, -0.2) is 9.97 Å². The molecule has 3 aromatic rings. The Labute approximate surface area is 205 Å². The molecule has 0 radical (unpaired) electrons. The van der Waals surface area contributed by atoms with E-state index in [2.05, 4.69) is 38.0 Å². The first kappa shape index (κ1) is 22.8. The van der Waals surface area contributed by atoms with Gasteiger partial charge in [-0.05, 0) is 42.8 Å². The number of rotatable bonds is 6. The molecule has 2 fully saturated rings. The lowest BCUT2D eigenvalue weighted by Crippen LogP contribution is -2.46. The molecular formula is C26H31N5O2S. The summed E-state index contributed by atoms with van der Waals surface area (Å²) in [7, 11) is 0. The average Bonchev–Trinajstić information content (AvgIpc) is 3.32. The number of nitrogens with zero attached hydrogens (tertiary/aromatic N) is 5. The molecule has 7 nitrogen and oxygen atoms in total. The van der Waals surface area contributed by atoms with Crippen molar-refractivity contribution >= 4 is 23.2 Å². The number of amides is 1. The summed E-state index contributed by atoms with van der Waals surface area (Å²) in [6.45, 7) is 8.28. The Morgan fingerprint density at radius 2 is 1.76 bits per heavy atom. The molecule has 1 aromatic carbocycles. The van der Waals surface area contributed by atoms with Gasteiger partial charge in [0.15, 0.2) is 0 Å². The first-order chi connectivity index (χ1) is 16.6. The topological polar surface area (TPSA) is 61.8 Å². The van der Waals surface area contributed by atoms with Gasteiger partial charge in [0.05, 0.1) is 4.88 Å². The number of thiophene rings is 1. The zero-order valence-electron chi connectivity index (χ0n) is 19.6. The number of piperazine rings is 1. The largest absolute Gasteiger partial charge is 0.490 e. The maximum absolute atomic E-state index is 12.7. The van der Waals surface area contributed by atoms with Crippen molar-refractivity contribution in [2.75, 3.05) is 44.2 Å². The number of benzene rings is 1. The molecule has 1 amide bonds. The quantitative estimate of drug-likeness (QED) is 0.537. The molecule has 8 heteroatoms.